The molecular formula is C17H23FN2O2. The number of carbonyl (C=O) groups is 1. The number of carbonyl (C=O) groups excluding carboxylic acids is 1. The Kier molecular flexibility index (Phi) is 4.74. The molecule has 2 fully saturated rings. The molecule has 2 atom stereocenters. The monoisotopic (exact) mass is 306 g/mol. The van der Waals surface area contributed by atoms with Crippen LogP contribution in [0.25, 0.3) is 0 Å². The van der Waals surface area contributed by atoms with E-state index in [1.54, 1.807) is 12.1 Å². The largest absolute Gasteiger partial charge is 0.391 e. The number of hydrogen-bond donors (Lipinski definition) is 1. The SMILES string of the molecule is O=C(Cc1ccc(F)cc1)N1CCN(C2CCCC2O)CC1. The zero-order valence-corrected chi connectivity index (χ0v) is 12.7. The number of benzene rings is 1. The average Bonchev–Trinajstić information content (AvgIpc) is 2.96. The first-order valence-corrected chi connectivity index (χ1v) is 8.08. The van der Waals surface area contributed by atoms with Crippen LogP contribution in [0.4, 0.5) is 4.39 Å². The predicted molar refractivity (Wildman–Crippen MR) is 81.9 cm³/mol. The van der Waals surface area contributed by atoms with Gasteiger partial charge < -0.3 is 10.0 Å². The summed E-state index contributed by atoms with van der Waals surface area (Å²) in [6.07, 6.45) is 3.17. The van der Waals surface area contributed by atoms with Crippen LogP contribution in [-0.2, 0) is 11.2 Å². The van der Waals surface area contributed by atoms with Crippen LogP contribution in [0.3, 0.4) is 0 Å². The minimum atomic E-state index is -0.278. The molecule has 0 aromatic heterocycles. The molecule has 1 aliphatic carbocycles. The van der Waals surface area contributed by atoms with Crippen molar-refractivity contribution in [3.05, 3.63) is 35.6 Å². The highest BCUT2D eigenvalue weighted by Crippen LogP contribution is 2.25. The Bertz CT molecular complexity index is 512. The van der Waals surface area contributed by atoms with Gasteiger partial charge in [0.05, 0.1) is 12.5 Å². The lowest BCUT2D eigenvalue weighted by Crippen LogP contribution is -2.53. The van der Waals surface area contributed by atoms with Gasteiger partial charge in [0, 0.05) is 32.2 Å². The number of rotatable bonds is 3. The fraction of sp³-hybridized carbons (Fsp3) is 0.588. The molecule has 1 aromatic rings. The minimum Gasteiger partial charge on any atom is -0.391 e. The first kappa shape index (κ1) is 15.4. The topological polar surface area (TPSA) is 43.8 Å². The smallest absolute Gasteiger partial charge is 0.227 e. The van der Waals surface area contributed by atoms with Crippen LogP contribution in [0.5, 0.6) is 0 Å². The maximum absolute atomic E-state index is 12.9. The van der Waals surface area contributed by atoms with E-state index in [-0.39, 0.29) is 23.9 Å². The van der Waals surface area contributed by atoms with Gasteiger partial charge in [-0.3, -0.25) is 9.69 Å². The van der Waals surface area contributed by atoms with E-state index in [9.17, 15) is 14.3 Å². The van der Waals surface area contributed by atoms with Crippen LogP contribution in [0.1, 0.15) is 24.8 Å². The lowest BCUT2D eigenvalue weighted by Gasteiger charge is -2.39. The molecule has 0 bridgehead atoms. The molecule has 4 nitrogen and oxygen atoms in total. The molecule has 22 heavy (non-hydrogen) atoms. The average molecular weight is 306 g/mol. The Morgan fingerprint density at radius 2 is 1.82 bits per heavy atom. The molecule has 5 heteroatoms. The maximum Gasteiger partial charge on any atom is 0.227 e. The summed E-state index contributed by atoms with van der Waals surface area (Å²) >= 11 is 0. The summed E-state index contributed by atoms with van der Waals surface area (Å²) in [6.45, 7) is 3.08. The van der Waals surface area contributed by atoms with Crippen molar-refractivity contribution < 1.29 is 14.3 Å². The number of aliphatic hydroxyl groups is 1. The van der Waals surface area contributed by atoms with Crippen molar-refractivity contribution in [2.24, 2.45) is 0 Å². The van der Waals surface area contributed by atoms with E-state index in [2.05, 4.69) is 4.90 Å². The Balaban J connectivity index is 1.50. The molecule has 120 valence electrons. The van der Waals surface area contributed by atoms with Gasteiger partial charge in [-0.15, -0.1) is 0 Å². The molecule has 3 rings (SSSR count). The van der Waals surface area contributed by atoms with Crippen LogP contribution in [0.15, 0.2) is 24.3 Å². The summed E-state index contributed by atoms with van der Waals surface area (Å²) < 4.78 is 12.9. The van der Waals surface area contributed by atoms with E-state index in [1.165, 1.54) is 12.1 Å². The van der Waals surface area contributed by atoms with E-state index in [0.717, 1.165) is 37.9 Å². The molecule has 1 saturated carbocycles. The standard InChI is InChI=1S/C17H23FN2O2/c18-14-6-4-13(5-7-14)12-17(22)20-10-8-19(9-11-20)15-2-1-3-16(15)21/h4-7,15-16,21H,1-3,8-12H2. The molecule has 1 aliphatic heterocycles. The molecule has 2 unspecified atom stereocenters. The van der Waals surface area contributed by atoms with Crippen LogP contribution in [-0.4, -0.2) is 59.1 Å². The molecule has 1 heterocycles. The Hall–Kier alpha value is -1.46. The van der Waals surface area contributed by atoms with E-state index in [0.29, 0.717) is 19.5 Å². The van der Waals surface area contributed by atoms with Gasteiger partial charge in [-0.25, -0.2) is 4.39 Å². The number of aliphatic hydroxyl groups excluding tert-OH is 1. The number of nitrogens with zero attached hydrogens (tertiary/aromatic N) is 2. The zero-order chi connectivity index (χ0) is 15.5. The first-order chi connectivity index (χ1) is 10.6. The Morgan fingerprint density at radius 3 is 2.41 bits per heavy atom. The van der Waals surface area contributed by atoms with Gasteiger partial charge in [0.15, 0.2) is 0 Å². The second kappa shape index (κ2) is 6.75. The molecule has 1 N–H and O–H groups in total. The molecule has 1 amide bonds. The molecule has 2 aliphatic rings. The normalized spacial score (nSPS) is 26.4. The Labute approximate surface area is 130 Å². The van der Waals surface area contributed by atoms with Gasteiger partial charge >= 0.3 is 0 Å². The molecular weight excluding hydrogens is 283 g/mol. The molecule has 1 saturated heterocycles. The third-order valence-electron chi connectivity index (χ3n) is 4.85. The van der Waals surface area contributed by atoms with Gasteiger partial charge in [-0.05, 0) is 37.0 Å². The van der Waals surface area contributed by atoms with Gasteiger partial charge in [0.1, 0.15) is 5.82 Å². The van der Waals surface area contributed by atoms with Crippen molar-refractivity contribution in [1.82, 2.24) is 9.80 Å². The van der Waals surface area contributed by atoms with Gasteiger partial charge in [-0.1, -0.05) is 12.1 Å². The van der Waals surface area contributed by atoms with Crippen molar-refractivity contribution >= 4 is 5.91 Å². The van der Waals surface area contributed by atoms with E-state index in [1.807, 2.05) is 4.90 Å². The third-order valence-corrected chi connectivity index (χ3v) is 4.85. The molecule has 0 spiro atoms. The van der Waals surface area contributed by atoms with Crippen molar-refractivity contribution in [3.8, 4) is 0 Å². The summed E-state index contributed by atoms with van der Waals surface area (Å²) in [6, 6.07) is 6.38. The highest BCUT2D eigenvalue weighted by molar-refractivity contribution is 5.78. The van der Waals surface area contributed by atoms with Gasteiger partial charge in [0.25, 0.3) is 0 Å². The van der Waals surface area contributed by atoms with Crippen molar-refractivity contribution in [1.29, 1.82) is 0 Å². The van der Waals surface area contributed by atoms with Crippen LogP contribution >= 0.6 is 0 Å². The first-order valence-electron chi connectivity index (χ1n) is 8.08. The fourth-order valence-electron chi connectivity index (χ4n) is 3.54. The quantitative estimate of drug-likeness (QED) is 0.919. The molecule has 0 radical (unpaired) electrons. The van der Waals surface area contributed by atoms with Gasteiger partial charge in [0.2, 0.25) is 5.91 Å². The second-order valence-corrected chi connectivity index (χ2v) is 6.29. The highest BCUT2D eigenvalue weighted by atomic mass is 19.1. The van der Waals surface area contributed by atoms with E-state index >= 15 is 0 Å². The third kappa shape index (κ3) is 3.47. The molecule has 1 aromatic carbocycles. The number of amides is 1. The summed E-state index contributed by atoms with van der Waals surface area (Å²) in [7, 11) is 0. The second-order valence-electron chi connectivity index (χ2n) is 6.29. The van der Waals surface area contributed by atoms with Gasteiger partial charge in [-0.2, -0.15) is 0 Å². The number of hydrogen-bond acceptors (Lipinski definition) is 3. The summed E-state index contributed by atoms with van der Waals surface area (Å²) in [4.78, 5) is 16.5. The highest BCUT2D eigenvalue weighted by Gasteiger charge is 2.33. The summed E-state index contributed by atoms with van der Waals surface area (Å²) in [5.41, 5.74) is 0.847. The fourth-order valence-corrected chi connectivity index (χ4v) is 3.54. The Morgan fingerprint density at radius 1 is 1.14 bits per heavy atom. The van der Waals surface area contributed by atoms with Crippen molar-refractivity contribution in [2.75, 3.05) is 26.2 Å². The van der Waals surface area contributed by atoms with Crippen LogP contribution in [0, 0.1) is 5.82 Å². The lowest BCUT2D eigenvalue weighted by molar-refractivity contribution is -0.132. The van der Waals surface area contributed by atoms with E-state index in [4.69, 9.17) is 0 Å². The summed E-state index contributed by atoms with van der Waals surface area (Å²) in [5.74, 6) is -0.182. The zero-order valence-electron chi connectivity index (χ0n) is 12.7. The van der Waals surface area contributed by atoms with Crippen molar-refractivity contribution in [2.45, 2.75) is 37.8 Å². The van der Waals surface area contributed by atoms with E-state index < -0.39 is 0 Å². The number of piperazine rings is 1. The van der Waals surface area contributed by atoms with Crippen LogP contribution in [0.2, 0.25) is 0 Å². The summed E-state index contributed by atoms with van der Waals surface area (Å²) in [5, 5.41) is 9.98. The van der Waals surface area contributed by atoms with Crippen molar-refractivity contribution in [3.63, 3.8) is 0 Å². The maximum atomic E-state index is 12.9. The van der Waals surface area contributed by atoms with Crippen LogP contribution < -0.4 is 0 Å². The minimum absolute atomic E-state index is 0.0956. The lowest BCUT2D eigenvalue weighted by atomic mass is 10.1. The number of halogens is 1. The predicted octanol–water partition coefficient (Wildman–Crippen LogP) is 1.43.